The summed E-state index contributed by atoms with van der Waals surface area (Å²) in [5, 5.41) is 17.1. The van der Waals surface area contributed by atoms with Gasteiger partial charge in [0.25, 0.3) is 0 Å². The van der Waals surface area contributed by atoms with Crippen LogP contribution >= 0.6 is 0 Å². The lowest BCUT2D eigenvalue weighted by atomic mass is 10.1. The van der Waals surface area contributed by atoms with Crippen LogP contribution in [0.5, 0.6) is 0 Å². The Morgan fingerprint density at radius 2 is 2.06 bits per heavy atom. The predicted octanol–water partition coefficient (Wildman–Crippen LogP) is 1.56. The van der Waals surface area contributed by atoms with Gasteiger partial charge < -0.3 is 10.0 Å². The lowest BCUT2D eigenvalue weighted by Crippen LogP contribution is -2.40. The van der Waals surface area contributed by atoms with Crippen LogP contribution < -0.4 is 0 Å². The van der Waals surface area contributed by atoms with E-state index in [0.717, 1.165) is 12.0 Å². The van der Waals surface area contributed by atoms with E-state index in [4.69, 9.17) is 10.5 Å². The second-order valence-corrected chi connectivity index (χ2v) is 3.90. The molecular weight excluding hydrogens is 204 g/mol. The summed E-state index contributed by atoms with van der Waals surface area (Å²) in [4.78, 5) is 12.7. The highest BCUT2D eigenvalue weighted by atomic mass is 16.4. The fourth-order valence-corrected chi connectivity index (χ4v) is 2.05. The molecule has 4 heteroatoms. The molecule has 84 valence electrons. The normalized spacial score (nSPS) is 19.8. The van der Waals surface area contributed by atoms with Crippen LogP contribution in [0.25, 0.3) is 0 Å². The fourth-order valence-electron chi connectivity index (χ4n) is 2.05. The molecule has 1 aliphatic heterocycles. The molecule has 0 bridgehead atoms. The number of carbonyl (C=O) groups is 1. The third kappa shape index (κ3) is 1.91. The Morgan fingerprint density at radius 3 is 2.69 bits per heavy atom. The summed E-state index contributed by atoms with van der Waals surface area (Å²) in [5.74, 6) is -0.524. The van der Waals surface area contributed by atoms with Gasteiger partial charge in [-0.05, 0) is 12.8 Å². The zero-order valence-corrected chi connectivity index (χ0v) is 8.89. The van der Waals surface area contributed by atoms with Crippen molar-refractivity contribution in [1.29, 1.82) is 5.41 Å². The Morgan fingerprint density at radius 1 is 1.38 bits per heavy atom. The Kier molecular flexibility index (Phi) is 2.90. The van der Waals surface area contributed by atoms with E-state index in [2.05, 4.69) is 0 Å². The molecule has 0 unspecified atom stereocenters. The SMILES string of the molecule is N=C(c1ccccc1)N1CCC[C@H]1C(=O)O. The van der Waals surface area contributed by atoms with Crippen LogP contribution in [0.1, 0.15) is 18.4 Å². The van der Waals surface area contributed by atoms with Crippen LogP contribution in [0.2, 0.25) is 0 Å². The number of hydrogen-bond acceptors (Lipinski definition) is 2. The standard InChI is InChI=1S/C12H14N2O2/c13-11(9-5-2-1-3-6-9)14-8-4-7-10(14)12(15)16/h1-3,5-6,10,13H,4,7-8H2,(H,15,16)/t10-/m0/s1. The van der Waals surface area contributed by atoms with Crippen molar-refractivity contribution in [2.75, 3.05) is 6.54 Å². The average molecular weight is 218 g/mol. The van der Waals surface area contributed by atoms with Gasteiger partial charge in [-0.1, -0.05) is 30.3 Å². The number of nitrogens with zero attached hydrogens (tertiary/aromatic N) is 1. The van der Waals surface area contributed by atoms with Crippen molar-refractivity contribution in [3.05, 3.63) is 35.9 Å². The molecule has 2 N–H and O–H groups in total. The van der Waals surface area contributed by atoms with Crippen LogP contribution in [0.4, 0.5) is 0 Å². The zero-order valence-electron chi connectivity index (χ0n) is 8.89. The van der Waals surface area contributed by atoms with Crippen molar-refractivity contribution < 1.29 is 9.90 Å². The van der Waals surface area contributed by atoms with Crippen molar-refractivity contribution in [2.45, 2.75) is 18.9 Å². The molecule has 1 fully saturated rings. The Hall–Kier alpha value is -1.84. The third-order valence-electron chi connectivity index (χ3n) is 2.87. The first-order chi connectivity index (χ1) is 7.70. The molecule has 0 radical (unpaired) electrons. The monoisotopic (exact) mass is 218 g/mol. The number of carboxylic acids is 1. The second-order valence-electron chi connectivity index (χ2n) is 3.90. The van der Waals surface area contributed by atoms with Crippen molar-refractivity contribution in [3.63, 3.8) is 0 Å². The summed E-state index contributed by atoms with van der Waals surface area (Å²) >= 11 is 0. The second kappa shape index (κ2) is 4.35. The first kappa shape index (κ1) is 10.7. The van der Waals surface area contributed by atoms with Gasteiger partial charge in [-0.25, -0.2) is 4.79 Å². The van der Waals surface area contributed by atoms with Crippen molar-refractivity contribution in [3.8, 4) is 0 Å². The minimum absolute atomic E-state index is 0.311. The number of rotatable bonds is 2. The lowest BCUT2D eigenvalue weighted by Gasteiger charge is -2.24. The van der Waals surface area contributed by atoms with E-state index >= 15 is 0 Å². The lowest BCUT2D eigenvalue weighted by molar-refractivity contribution is -0.140. The molecule has 1 aromatic rings. The minimum atomic E-state index is -0.835. The predicted molar refractivity (Wildman–Crippen MR) is 60.6 cm³/mol. The van der Waals surface area contributed by atoms with E-state index < -0.39 is 12.0 Å². The number of hydrogen-bond donors (Lipinski definition) is 2. The molecule has 0 spiro atoms. The number of nitrogens with one attached hydrogen (secondary N) is 1. The topological polar surface area (TPSA) is 64.4 Å². The molecule has 2 rings (SSSR count). The summed E-state index contributed by atoms with van der Waals surface area (Å²) in [6.07, 6.45) is 1.47. The molecule has 1 aromatic carbocycles. The molecule has 0 amide bonds. The van der Waals surface area contributed by atoms with E-state index in [-0.39, 0.29) is 0 Å². The van der Waals surface area contributed by atoms with Crippen molar-refractivity contribution in [2.24, 2.45) is 0 Å². The van der Waals surface area contributed by atoms with Crippen molar-refractivity contribution >= 4 is 11.8 Å². The number of benzene rings is 1. The third-order valence-corrected chi connectivity index (χ3v) is 2.87. The quantitative estimate of drug-likeness (QED) is 0.585. The first-order valence-corrected chi connectivity index (χ1v) is 5.33. The van der Waals surface area contributed by atoms with Crippen LogP contribution in [0, 0.1) is 5.41 Å². The Bertz CT molecular complexity index is 403. The highest BCUT2D eigenvalue weighted by molar-refractivity contribution is 5.98. The van der Waals surface area contributed by atoms with Gasteiger partial charge in [0.2, 0.25) is 0 Å². The summed E-state index contributed by atoms with van der Waals surface area (Å²) in [5.41, 5.74) is 0.774. The van der Waals surface area contributed by atoms with E-state index in [9.17, 15) is 4.79 Å². The molecule has 0 aromatic heterocycles. The van der Waals surface area contributed by atoms with E-state index in [1.807, 2.05) is 30.3 Å². The molecule has 4 nitrogen and oxygen atoms in total. The van der Waals surface area contributed by atoms with Gasteiger partial charge in [0.05, 0.1) is 0 Å². The van der Waals surface area contributed by atoms with E-state index in [0.29, 0.717) is 18.8 Å². The molecule has 1 saturated heterocycles. The van der Waals surface area contributed by atoms with Crippen LogP contribution in [-0.4, -0.2) is 34.4 Å². The van der Waals surface area contributed by atoms with Gasteiger partial charge in [0, 0.05) is 12.1 Å². The summed E-state index contributed by atoms with van der Waals surface area (Å²) < 4.78 is 0. The Labute approximate surface area is 94.0 Å². The van der Waals surface area contributed by atoms with Crippen LogP contribution in [0.15, 0.2) is 30.3 Å². The number of likely N-dealkylation sites (tertiary alicyclic amines) is 1. The summed E-state index contributed by atoms with van der Waals surface area (Å²) in [7, 11) is 0. The first-order valence-electron chi connectivity index (χ1n) is 5.33. The largest absolute Gasteiger partial charge is 0.480 e. The number of aliphatic carboxylic acids is 1. The smallest absolute Gasteiger partial charge is 0.326 e. The maximum atomic E-state index is 11.0. The van der Waals surface area contributed by atoms with Gasteiger partial charge in [-0.3, -0.25) is 5.41 Å². The maximum Gasteiger partial charge on any atom is 0.326 e. The fraction of sp³-hybridized carbons (Fsp3) is 0.333. The zero-order chi connectivity index (χ0) is 11.5. The minimum Gasteiger partial charge on any atom is -0.480 e. The summed E-state index contributed by atoms with van der Waals surface area (Å²) in [6.45, 7) is 0.657. The van der Waals surface area contributed by atoms with Gasteiger partial charge in [-0.2, -0.15) is 0 Å². The Balaban J connectivity index is 2.19. The molecule has 16 heavy (non-hydrogen) atoms. The van der Waals surface area contributed by atoms with Crippen molar-refractivity contribution in [1.82, 2.24) is 4.90 Å². The molecule has 1 atom stereocenters. The molecular formula is C12H14N2O2. The number of amidine groups is 1. The van der Waals surface area contributed by atoms with Crippen LogP contribution in [-0.2, 0) is 4.79 Å². The van der Waals surface area contributed by atoms with E-state index in [1.165, 1.54) is 0 Å². The van der Waals surface area contributed by atoms with Gasteiger partial charge >= 0.3 is 5.97 Å². The van der Waals surface area contributed by atoms with E-state index in [1.54, 1.807) is 4.90 Å². The van der Waals surface area contributed by atoms with Gasteiger partial charge in [-0.15, -0.1) is 0 Å². The molecule has 1 heterocycles. The maximum absolute atomic E-state index is 11.0. The average Bonchev–Trinajstić information content (AvgIpc) is 2.78. The molecule has 0 saturated carbocycles. The highest BCUT2D eigenvalue weighted by Gasteiger charge is 2.32. The highest BCUT2D eigenvalue weighted by Crippen LogP contribution is 2.20. The van der Waals surface area contributed by atoms with Gasteiger partial charge in [0.1, 0.15) is 11.9 Å². The summed E-state index contributed by atoms with van der Waals surface area (Å²) in [6, 6.07) is 8.73. The van der Waals surface area contributed by atoms with Crippen LogP contribution in [0.3, 0.4) is 0 Å². The number of carboxylic acid groups (broad SMARTS) is 1. The molecule has 1 aliphatic rings. The van der Waals surface area contributed by atoms with Gasteiger partial charge in [0.15, 0.2) is 0 Å². The molecule has 0 aliphatic carbocycles.